The zero-order valence-electron chi connectivity index (χ0n) is 13.6. The number of methoxy groups -OCH3 is 1. The molecule has 1 amide bonds. The van der Waals surface area contributed by atoms with Gasteiger partial charge in [0.15, 0.2) is 0 Å². The fourth-order valence-electron chi connectivity index (χ4n) is 2.49. The second-order valence-corrected chi connectivity index (χ2v) is 5.98. The molecule has 122 valence electrons. The molecular weight excluding hydrogens is 310 g/mol. The predicted molar refractivity (Wildman–Crippen MR) is 93.9 cm³/mol. The SMILES string of the molecule is COc1ccc(Cl)cc1CN(C)C(=O)CCCc1ccccc1. The summed E-state index contributed by atoms with van der Waals surface area (Å²) in [4.78, 5) is 14.0. The lowest BCUT2D eigenvalue weighted by Gasteiger charge is -2.19. The first-order valence-electron chi connectivity index (χ1n) is 7.70. The van der Waals surface area contributed by atoms with Gasteiger partial charge in [-0.05, 0) is 36.6 Å². The Balaban J connectivity index is 1.86. The number of rotatable bonds is 7. The van der Waals surface area contributed by atoms with Crippen LogP contribution in [0.15, 0.2) is 48.5 Å². The van der Waals surface area contributed by atoms with E-state index in [1.807, 2.05) is 37.4 Å². The van der Waals surface area contributed by atoms with Crippen molar-refractivity contribution in [1.82, 2.24) is 4.90 Å². The maximum absolute atomic E-state index is 12.3. The van der Waals surface area contributed by atoms with E-state index in [2.05, 4.69) is 12.1 Å². The van der Waals surface area contributed by atoms with E-state index < -0.39 is 0 Å². The third-order valence-corrected chi connectivity index (χ3v) is 4.01. The number of carbonyl (C=O) groups excluding carboxylic acids is 1. The summed E-state index contributed by atoms with van der Waals surface area (Å²) in [5.74, 6) is 0.876. The van der Waals surface area contributed by atoms with Crippen LogP contribution < -0.4 is 4.74 Å². The van der Waals surface area contributed by atoms with Crippen molar-refractivity contribution in [2.24, 2.45) is 0 Å². The Hall–Kier alpha value is -2.00. The number of hydrogen-bond donors (Lipinski definition) is 0. The molecule has 0 atom stereocenters. The third-order valence-electron chi connectivity index (χ3n) is 3.77. The maximum Gasteiger partial charge on any atom is 0.222 e. The van der Waals surface area contributed by atoms with Gasteiger partial charge in [0.05, 0.1) is 7.11 Å². The molecular formula is C19H22ClNO2. The number of carbonyl (C=O) groups is 1. The van der Waals surface area contributed by atoms with E-state index in [0.29, 0.717) is 18.0 Å². The van der Waals surface area contributed by atoms with Crippen LogP contribution in [0.25, 0.3) is 0 Å². The van der Waals surface area contributed by atoms with E-state index in [-0.39, 0.29) is 5.91 Å². The monoisotopic (exact) mass is 331 g/mol. The summed E-state index contributed by atoms with van der Waals surface area (Å²) in [6, 6.07) is 15.7. The van der Waals surface area contributed by atoms with Crippen molar-refractivity contribution in [3.8, 4) is 5.75 Å². The highest BCUT2D eigenvalue weighted by atomic mass is 35.5. The van der Waals surface area contributed by atoms with Crippen molar-refractivity contribution in [2.75, 3.05) is 14.2 Å². The Bertz CT molecular complexity index is 643. The van der Waals surface area contributed by atoms with Crippen molar-refractivity contribution >= 4 is 17.5 Å². The molecule has 0 N–H and O–H groups in total. The van der Waals surface area contributed by atoms with Crippen LogP contribution in [-0.4, -0.2) is 25.0 Å². The van der Waals surface area contributed by atoms with Gasteiger partial charge < -0.3 is 9.64 Å². The third kappa shape index (κ3) is 5.29. The Kier molecular flexibility index (Phi) is 6.48. The molecule has 0 spiro atoms. The van der Waals surface area contributed by atoms with Crippen LogP contribution in [0.3, 0.4) is 0 Å². The molecule has 0 heterocycles. The lowest BCUT2D eigenvalue weighted by Crippen LogP contribution is -2.26. The van der Waals surface area contributed by atoms with Gasteiger partial charge in [-0.1, -0.05) is 41.9 Å². The van der Waals surface area contributed by atoms with Gasteiger partial charge >= 0.3 is 0 Å². The van der Waals surface area contributed by atoms with E-state index in [1.54, 1.807) is 18.1 Å². The fraction of sp³-hybridized carbons (Fsp3) is 0.316. The van der Waals surface area contributed by atoms with Crippen molar-refractivity contribution in [3.63, 3.8) is 0 Å². The minimum atomic E-state index is 0.128. The predicted octanol–water partition coefficient (Wildman–Crippen LogP) is 4.33. The van der Waals surface area contributed by atoms with E-state index in [1.165, 1.54) is 5.56 Å². The van der Waals surface area contributed by atoms with Crippen LogP contribution in [0, 0.1) is 0 Å². The first kappa shape index (κ1) is 17.4. The largest absolute Gasteiger partial charge is 0.496 e. The Labute approximate surface area is 142 Å². The molecule has 0 aliphatic heterocycles. The van der Waals surface area contributed by atoms with Crippen LogP contribution in [-0.2, 0) is 17.8 Å². The molecule has 23 heavy (non-hydrogen) atoms. The zero-order valence-corrected chi connectivity index (χ0v) is 14.3. The van der Waals surface area contributed by atoms with Gasteiger partial charge in [0, 0.05) is 30.6 Å². The van der Waals surface area contributed by atoms with Gasteiger partial charge in [-0.3, -0.25) is 4.79 Å². The Morgan fingerprint density at radius 2 is 1.91 bits per heavy atom. The smallest absolute Gasteiger partial charge is 0.222 e. The zero-order chi connectivity index (χ0) is 16.7. The number of halogens is 1. The molecule has 0 bridgehead atoms. The highest BCUT2D eigenvalue weighted by Crippen LogP contribution is 2.24. The molecule has 0 aromatic heterocycles. The number of aryl methyl sites for hydroxylation is 1. The maximum atomic E-state index is 12.3. The highest BCUT2D eigenvalue weighted by molar-refractivity contribution is 6.30. The topological polar surface area (TPSA) is 29.5 Å². The molecule has 2 aromatic rings. The van der Waals surface area contributed by atoms with E-state index in [0.717, 1.165) is 24.2 Å². The van der Waals surface area contributed by atoms with Gasteiger partial charge in [-0.15, -0.1) is 0 Å². The number of benzene rings is 2. The molecule has 0 fully saturated rings. The van der Waals surface area contributed by atoms with Crippen LogP contribution in [0.5, 0.6) is 5.75 Å². The summed E-state index contributed by atoms with van der Waals surface area (Å²) < 4.78 is 5.32. The fourth-order valence-corrected chi connectivity index (χ4v) is 2.69. The molecule has 0 unspecified atom stereocenters. The van der Waals surface area contributed by atoms with Gasteiger partial charge in [-0.25, -0.2) is 0 Å². The second kappa shape index (κ2) is 8.59. The minimum Gasteiger partial charge on any atom is -0.496 e. The molecule has 0 aliphatic rings. The molecule has 0 saturated heterocycles. The van der Waals surface area contributed by atoms with Crippen molar-refractivity contribution in [2.45, 2.75) is 25.8 Å². The molecule has 2 aromatic carbocycles. The molecule has 0 saturated carbocycles. The van der Waals surface area contributed by atoms with Crippen LogP contribution >= 0.6 is 11.6 Å². The van der Waals surface area contributed by atoms with Gasteiger partial charge in [0.1, 0.15) is 5.75 Å². The Morgan fingerprint density at radius 3 is 2.61 bits per heavy atom. The second-order valence-electron chi connectivity index (χ2n) is 5.55. The summed E-state index contributed by atoms with van der Waals surface area (Å²) in [6.07, 6.45) is 2.30. The van der Waals surface area contributed by atoms with Gasteiger partial charge in [-0.2, -0.15) is 0 Å². The number of amides is 1. The molecule has 2 rings (SSSR count). The molecule has 0 radical (unpaired) electrons. The summed E-state index contributed by atoms with van der Waals surface area (Å²) in [5, 5.41) is 0.644. The number of nitrogens with zero attached hydrogens (tertiary/aromatic N) is 1. The van der Waals surface area contributed by atoms with E-state index in [9.17, 15) is 4.79 Å². The summed E-state index contributed by atoms with van der Waals surface area (Å²) in [5.41, 5.74) is 2.18. The van der Waals surface area contributed by atoms with Crippen molar-refractivity contribution < 1.29 is 9.53 Å². The number of hydrogen-bond acceptors (Lipinski definition) is 2. The van der Waals surface area contributed by atoms with Crippen LogP contribution in [0.1, 0.15) is 24.0 Å². The average Bonchev–Trinajstić information content (AvgIpc) is 2.56. The normalized spacial score (nSPS) is 10.4. The standard InChI is InChI=1S/C19H22ClNO2/c1-21(14-16-13-17(20)11-12-18(16)23-2)19(22)10-6-9-15-7-4-3-5-8-15/h3-5,7-8,11-13H,6,9-10,14H2,1-2H3. The Morgan fingerprint density at radius 1 is 1.17 bits per heavy atom. The highest BCUT2D eigenvalue weighted by Gasteiger charge is 2.12. The first-order valence-corrected chi connectivity index (χ1v) is 8.08. The van der Waals surface area contributed by atoms with Gasteiger partial charge in [0.25, 0.3) is 0 Å². The van der Waals surface area contributed by atoms with Crippen LogP contribution in [0.2, 0.25) is 5.02 Å². The van der Waals surface area contributed by atoms with Crippen LogP contribution in [0.4, 0.5) is 0 Å². The average molecular weight is 332 g/mol. The first-order chi connectivity index (χ1) is 11.1. The van der Waals surface area contributed by atoms with E-state index >= 15 is 0 Å². The van der Waals surface area contributed by atoms with Gasteiger partial charge in [0.2, 0.25) is 5.91 Å². The summed E-state index contributed by atoms with van der Waals surface area (Å²) in [6.45, 7) is 0.494. The molecule has 0 aliphatic carbocycles. The summed E-state index contributed by atoms with van der Waals surface area (Å²) >= 11 is 6.03. The molecule has 3 nitrogen and oxygen atoms in total. The lowest BCUT2D eigenvalue weighted by molar-refractivity contribution is -0.130. The van der Waals surface area contributed by atoms with Crippen molar-refractivity contribution in [3.05, 3.63) is 64.7 Å². The molecule has 4 heteroatoms. The number of ether oxygens (including phenoxy) is 1. The lowest BCUT2D eigenvalue weighted by atomic mass is 10.1. The van der Waals surface area contributed by atoms with Crippen molar-refractivity contribution in [1.29, 1.82) is 0 Å². The van der Waals surface area contributed by atoms with E-state index in [4.69, 9.17) is 16.3 Å². The quantitative estimate of drug-likeness (QED) is 0.755. The minimum absolute atomic E-state index is 0.128. The summed E-state index contributed by atoms with van der Waals surface area (Å²) in [7, 11) is 3.43.